The van der Waals surface area contributed by atoms with Gasteiger partial charge in [0, 0.05) is 40.6 Å². The largest absolute Gasteiger partial charge is 0.466 e. The Balaban J connectivity index is 1.51. The van der Waals surface area contributed by atoms with Gasteiger partial charge in [-0.1, -0.05) is 26.3 Å². The van der Waals surface area contributed by atoms with Crippen molar-refractivity contribution in [1.82, 2.24) is 19.9 Å². The maximum absolute atomic E-state index is 13.7. The lowest BCUT2D eigenvalue weighted by Gasteiger charge is -2.21. The van der Waals surface area contributed by atoms with Crippen LogP contribution in [0.1, 0.15) is 72.3 Å². The van der Waals surface area contributed by atoms with E-state index in [4.69, 9.17) is 19.0 Å². The van der Waals surface area contributed by atoms with Gasteiger partial charge in [0.05, 0.1) is 30.6 Å². The Hall–Kier alpha value is -5.26. The molecule has 0 fully saturated rings. The lowest BCUT2D eigenvalue weighted by atomic mass is 10.1. The van der Waals surface area contributed by atoms with Crippen LogP contribution in [0.5, 0.6) is 0 Å². The molecule has 12 nitrogen and oxygen atoms in total. The summed E-state index contributed by atoms with van der Waals surface area (Å²) in [6, 6.07) is 16.4. The molecule has 0 aliphatic heterocycles. The molecule has 0 bridgehead atoms. The summed E-state index contributed by atoms with van der Waals surface area (Å²) in [5, 5.41) is 13.9. The second kappa shape index (κ2) is 16.2. The lowest BCUT2D eigenvalue weighted by Crippen LogP contribution is -2.34. The highest BCUT2D eigenvalue weighted by molar-refractivity contribution is 6.07. The highest BCUT2D eigenvalue weighted by Crippen LogP contribution is 2.21. The number of ether oxygens (including phenoxy) is 2. The number of amidine groups is 1. The van der Waals surface area contributed by atoms with Crippen LogP contribution in [-0.2, 0) is 27.8 Å². The predicted molar refractivity (Wildman–Crippen MR) is 177 cm³/mol. The molecule has 2 heterocycles. The van der Waals surface area contributed by atoms with Crippen molar-refractivity contribution in [2.75, 3.05) is 23.4 Å². The molecule has 4 aromatic rings. The number of pyridine rings is 1. The molecule has 0 spiro atoms. The number of esters is 1. The first-order valence-electron chi connectivity index (χ1n) is 16.8. The van der Waals surface area contributed by atoms with E-state index in [1.54, 1.807) is 55.6 Å². The normalized spacial score (nSPS) is 12.7. The van der Waals surface area contributed by atoms with Gasteiger partial charge in [-0.2, -0.15) is 0 Å². The summed E-state index contributed by atoms with van der Waals surface area (Å²) in [6.45, 7) is 3.37. The van der Waals surface area contributed by atoms with Crippen LogP contribution in [0.15, 0.2) is 66.9 Å². The molecule has 0 saturated carbocycles. The summed E-state index contributed by atoms with van der Waals surface area (Å²) in [5.41, 5.74) is 1.94. The molecule has 2 aromatic heterocycles. The average Bonchev–Trinajstić information content (AvgIpc) is 3.46. The molecular formula is C34H41N7O5. The maximum atomic E-state index is 13.7. The van der Waals surface area contributed by atoms with Crippen LogP contribution in [0, 0.1) is 5.41 Å². The number of nitrogens with one attached hydrogen (secondary N) is 3. The van der Waals surface area contributed by atoms with Crippen LogP contribution in [0.25, 0.3) is 11.0 Å². The Morgan fingerprint density at radius 1 is 1.07 bits per heavy atom. The molecule has 0 aliphatic rings. The molecular weight excluding hydrogens is 586 g/mol. The minimum atomic E-state index is -2.57. The summed E-state index contributed by atoms with van der Waals surface area (Å²) in [6.07, 6.45) is 2.93. The number of carbonyl (C=O) groups is 3. The van der Waals surface area contributed by atoms with Crippen molar-refractivity contribution < 1.29 is 28.0 Å². The number of hydrogen-bond donors (Lipinski definition) is 3. The molecule has 242 valence electrons. The minimum Gasteiger partial charge on any atom is -0.466 e. The van der Waals surface area contributed by atoms with E-state index in [1.165, 1.54) is 23.1 Å². The molecule has 4 rings (SSSR count). The second-order valence-electron chi connectivity index (χ2n) is 10.4. The van der Waals surface area contributed by atoms with Gasteiger partial charge in [-0.05, 0) is 74.4 Å². The summed E-state index contributed by atoms with van der Waals surface area (Å²) in [7, 11) is 0. The Morgan fingerprint density at radius 3 is 2.52 bits per heavy atom. The number of amides is 2. The molecule has 0 aliphatic carbocycles. The zero-order chi connectivity index (χ0) is 35.6. The summed E-state index contributed by atoms with van der Waals surface area (Å²) < 4.78 is 36.1. The first-order valence-corrected chi connectivity index (χ1v) is 15.3. The molecule has 2 amide bonds. The third kappa shape index (κ3) is 8.68. The monoisotopic (exact) mass is 630 g/mol. The first-order chi connectivity index (χ1) is 23.4. The van der Waals surface area contributed by atoms with Crippen molar-refractivity contribution in [3.8, 4) is 0 Å². The quantitative estimate of drug-likeness (QED) is 0.0897. The van der Waals surface area contributed by atoms with Crippen LogP contribution >= 0.6 is 0 Å². The van der Waals surface area contributed by atoms with Crippen molar-refractivity contribution in [2.24, 2.45) is 6.98 Å². The van der Waals surface area contributed by atoms with Crippen LogP contribution in [0.4, 0.5) is 16.3 Å². The van der Waals surface area contributed by atoms with Crippen molar-refractivity contribution >= 4 is 46.3 Å². The van der Waals surface area contributed by atoms with E-state index in [9.17, 15) is 14.4 Å². The zero-order valence-corrected chi connectivity index (χ0v) is 26.2. The van der Waals surface area contributed by atoms with Gasteiger partial charge in [0.15, 0.2) is 0 Å². The van der Waals surface area contributed by atoms with Crippen LogP contribution in [0.3, 0.4) is 0 Å². The number of hydrogen-bond acceptors (Lipinski definition) is 9. The van der Waals surface area contributed by atoms with Gasteiger partial charge in [-0.15, -0.1) is 0 Å². The van der Waals surface area contributed by atoms with Crippen molar-refractivity contribution in [1.29, 1.82) is 5.41 Å². The Kier molecular flexibility index (Phi) is 10.3. The maximum Gasteiger partial charge on any atom is 0.413 e. The summed E-state index contributed by atoms with van der Waals surface area (Å²) >= 11 is 0. The molecule has 0 radical (unpaired) electrons. The number of aryl methyl sites for hydroxylation is 1. The van der Waals surface area contributed by atoms with E-state index in [-0.39, 0.29) is 49.4 Å². The topological polar surface area (TPSA) is 152 Å². The molecule has 1 unspecified atom stereocenters. The summed E-state index contributed by atoms with van der Waals surface area (Å²) in [5.74, 6) is -0.434. The van der Waals surface area contributed by atoms with E-state index < -0.39 is 24.9 Å². The van der Waals surface area contributed by atoms with Crippen molar-refractivity contribution in [3.05, 3.63) is 83.8 Å². The number of aromatic nitrogens is 3. The van der Waals surface area contributed by atoms with E-state index in [2.05, 4.69) is 20.6 Å². The van der Waals surface area contributed by atoms with E-state index in [1.807, 2.05) is 13.8 Å². The van der Waals surface area contributed by atoms with E-state index in [0.717, 1.165) is 17.4 Å². The molecule has 46 heavy (non-hydrogen) atoms. The zero-order valence-electron chi connectivity index (χ0n) is 29.2. The smallest absolute Gasteiger partial charge is 0.413 e. The SMILES string of the molecule is [2H]C([2H])([2H])n1c(CNc2ccc(C(=N)NC(=O)OC(CC)CCC)cc2)nc2cc(C(=O)N(CCC(=O)OCC)c3ccccn3)ccc21. The lowest BCUT2D eigenvalue weighted by molar-refractivity contribution is -0.142. The number of alkyl carbamates (subject to hydrolysis) is 1. The van der Waals surface area contributed by atoms with Crippen molar-refractivity contribution in [3.63, 3.8) is 0 Å². The second-order valence-corrected chi connectivity index (χ2v) is 10.4. The van der Waals surface area contributed by atoms with E-state index >= 15 is 0 Å². The number of anilines is 2. The highest BCUT2D eigenvalue weighted by Gasteiger charge is 2.21. The molecule has 3 N–H and O–H groups in total. The third-order valence-electron chi connectivity index (χ3n) is 7.18. The molecule has 0 saturated heterocycles. The van der Waals surface area contributed by atoms with Crippen LogP contribution in [-0.4, -0.2) is 57.6 Å². The van der Waals surface area contributed by atoms with Gasteiger partial charge >= 0.3 is 12.1 Å². The predicted octanol–water partition coefficient (Wildman–Crippen LogP) is 5.81. The number of rotatable bonds is 14. The first kappa shape index (κ1) is 29.5. The van der Waals surface area contributed by atoms with Crippen LogP contribution < -0.4 is 15.5 Å². The molecule has 1 atom stereocenters. The Morgan fingerprint density at radius 2 is 1.85 bits per heavy atom. The van der Waals surface area contributed by atoms with Gasteiger partial charge in [0.1, 0.15) is 23.6 Å². The number of benzene rings is 2. The Labute approximate surface area is 272 Å². The number of fused-ring (bicyclic) bond motifs is 1. The summed E-state index contributed by atoms with van der Waals surface area (Å²) in [4.78, 5) is 48.2. The number of imidazole rings is 1. The van der Waals surface area contributed by atoms with Crippen LogP contribution in [0.2, 0.25) is 0 Å². The van der Waals surface area contributed by atoms with Gasteiger partial charge in [-0.3, -0.25) is 25.2 Å². The molecule has 12 heteroatoms. The number of carbonyl (C=O) groups excluding carboxylic acids is 3. The van der Waals surface area contributed by atoms with Gasteiger partial charge in [-0.25, -0.2) is 14.8 Å². The fourth-order valence-corrected chi connectivity index (χ4v) is 4.77. The standard InChI is InChI=1S/C34H41N7O5/c1-5-10-26(6-2)46-34(44)39-32(35)23-12-15-25(16-13-23)37-22-30-38-27-21-24(14-17-28(27)40(30)4)33(43)41(20-18-31(42)45-7-3)29-11-8-9-19-36-29/h8-9,11-17,19,21,26,37H,5-7,10,18,20,22H2,1-4H3,(H2,35,39,44)/i4D3. The molecule has 2 aromatic carbocycles. The van der Waals surface area contributed by atoms with Gasteiger partial charge < -0.3 is 19.4 Å². The van der Waals surface area contributed by atoms with Gasteiger partial charge in [0.2, 0.25) is 0 Å². The minimum absolute atomic E-state index is 0.0300. The Bertz CT molecular complexity index is 1760. The fraction of sp³-hybridized carbons (Fsp3) is 0.353. The fourth-order valence-electron chi connectivity index (χ4n) is 4.77. The van der Waals surface area contributed by atoms with Crippen molar-refractivity contribution in [2.45, 2.75) is 59.1 Å². The van der Waals surface area contributed by atoms with Gasteiger partial charge in [0.25, 0.3) is 5.91 Å². The van der Waals surface area contributed by atoms with E-state index in [0.29, 0.717) is 34.5 Å². The number of nitrogens with zero attached hydrogens (tertiary/aromatic N) is 4. The average molecular weight is 631 g/mol. The highest BCUT2D eigenvalue weighted by atomic mass is 16.6. The third-order valence-corrected chi connectivity index (χ3v) is 7.18.